The van der Waals surface area contributed by atoms with Crippen LogP contribution in [0.5, 0.6) is 0 Å². The van der Waals surface area contributed by atoms with Gasteiger partial charge in [-0.2, -0.15) is 0 Å². The highest BCUT2D eigenvalue weighted by atomic mass is 32.2. The molecule has 0 radical (unpaired) electrons. The molecule has 2 heterocycles. The van der Waals surface area contributed by atoms with E-state index in [0.717, 1.165) is 35.6 Å². The van der Waals surface area contributed by atoms with Crippen LogP contribution in [0.3, 0.4) is 0 Å². The van der Waals surface area contributed by atoms with E-state index in [4.69, 9.17) is 4.74 Å². The average Bonchev–Trinajstić information content (AvgIpc) is 3.27. The lowest BCUT2D eigenvalue weighted by Gasteiger charge is -2.27. The minimum absolute atomic E-state index is 0.0439. The van der Waals surface area contributed by atoms with E-state index in [1.165, 1.54) is 4.31 Å². The minimum Gasteiger partial charge on any atom is -0.379 e. The first-order valence-corrected chi connectivity index (χ1v) is 13.9. The van der Waals surface area contributed by atoms with Crippen molar-refractivity contribution in [3.63, 3.8) is 0 Å². The molecule has 37 heavy (non-hydrogen) atoms. The second kappa shape index (κ2) is 10.8. The Morgan fingerprint density at radius 3 is 2.38 bits per heavy atom. The number of nitrogens with one attached hydrogen (secondary N) is 2. The van der Waals surface area contributed by atoms with Crippen LogP contribution < -0.4 is 14.9 Å². The van der Waals surface area contributed by atoms with Gasteiger partial charge in [0.2, 0.25) is 10.0 Å². The Labute approximate surface area is 217 Å². The quantitative estimate of drug-likeness (QED) is 0.442. The van der Waals surface area contributed by atoms with Crippen molar-refractivity contribution in [2.75, 3.05) is 60.6 Å². The molecule has 0 atom stereocenters. The fraction of sp³-hybridized carbons (Fsp3) is 0.250. The number of nitrogens with zero attached hydrogens (tertiary/aromatic N) is 2. The van der Waals surface area contributed by atoms with Crippen LogP contribution in [-0.2, 0) is 19.6 Å². The number of carbonyl (C=O) groups is 1. The van der Waals surface area contributed by atoms with E-state index in [-0.39, 0.29) is 11.7 Å². The second-order valence-electron chi connectivity index (χ2n) is 9.03. The van der Waals surface area contributed by atoms with E-state index in [9.17, 15) is 13.2 Å². The smallest absolute Gasteiger partial charge is 0.258 e. The van der Waals surface area contributed by atoms with E-state index >= 15 is 0 Å². The van der Waals surface area contributed by atoms with Crippen molar-refractivity contribution in [1.29, 1.82) is 0 Å². The van der Waals surface area contributed by atoms with E-state index in [2.05, 4.69) is 15.5 Å². The number of hydrogen-bond donors (Lipinski definition) is 2. The zero-order valence-corrected chi connectivity index (χ0v) is 21.5. The molecule has 5 rings (SSSR count). The Balaban J connectivity index is 1.38. The standard InChI is InChI=1S/C28H30N4O4S/c1-31(37(34,35)20-17-32-15-18-36-19-16-32)23-13-11-22(12-14-23)29-27(21-7-3-2-4-8-21)26-24-9-5-6-10-25(24)30-28(26)33/h2-14,29H,15-20H2,1H3,(H,30,33)/b27-26-. The van der Waals surface area contributed by atoms with Crippen LogP contribution in [0.15, 0.2) is 78.9 Å². The summed E-state index contributed by atoms with van der Waals surface area (Å²) in [4.78, 5) is 15.1. The van der Waals surface area contributed by atoms with E-state index in [0.29, 0.717) is 36.7 Å². The lowest BCUT2D eigenvalue weighted by molar-refractivity contribution is -0.110. The molecule has 2 aliphatic rings. The Morgan fingerprint density at radius 1 is 0.973 bits per heavy atom. The third-order valence-electron chi connectivity index (χ3n) is 6.67. The summed E-state index contributed by atoms with van der Waals surface area (Å²) in [5.74, 6) is -0.127. The number of anilines is 3. The highest BCUT2D eigenvalue weighted by Gasteiger charge is 2.28. The van der Waals surface area contributed by atoms with Gasteiger partial charge in [0.05, 0.1) is 35.9 Å². The van der Waals surface area contributed by atoms with Gasteiger partial charge in [-0.05, 0) is 35.9 Å². The summed E-state index contributed by atoms with van der Waals surface area (Å²) in [5, 5.41) is 6.35. The lowest BCUT2D eigenvalue weighted by Crippen LogP contribution is -2.41. The van der Waals surface area contributed by atoms with Crippen molar-refractivity contribution < 1.29 is 17.9 Å². The topological polar surface area (TPSA) is 91.0 Å². The second-order valence-corrected chi connectivity index (χ2v) is 11.1. The summed E-state index contributed by atoms with van der Waals surface area (Å²) in [7, 11) is -1.90. The summed E-state index contributed by atoms with van der Waals surface area (Å²) in [6, 6.07) is 24.5. The third-order valence-corrected chi connectivity index (χ3v) is 8.41. The van der Waals surface area contributed by atoms with Gasteiger partial charge in [-0.1, -0.05) is 48.5 Å². The van der Waals surface area contributed by atoms with Gasteiger partial charge < -0.3 is 15.4 Å². The maximum atomic E-state index is 13.0. The molecule has 1 saturated heterocycles. The fourth-order valence-corrected chi connectivity index (χ4v) is 5.72. The minimum atomic E-state index is -3.48. The van der Waals surface area contributed by atoms with Crippen LogP contribution in [0.1, 0.15) is 11.1 Å². The summed E-state index contributed by atoms with van der Waals surface area (Å²) in [5.41, 5.74) is 5.04. The van der Waals surface area contributed by atoms with Crippen molar-refractivity contribution in [2.24, 2.45) is 0 Å². The predicted molar refractivity (Wildman–Crippen MR) is 148 cm³/mol. The van der Waals surface area contributed by atoms with Gasteiger partial charge in [0, 0.05) is 43.6 Å². The monoisotopic (exact) mass is 518 g/mol. The first-order valence-electron chi connectivity index (χ1n) is 12.3. The van der Waals surface area contributed by atoms with E-state index in [1.807, 2.05) is 66.7 Å². The van der Waals surface area contributed by atoms with Crippen molar-refractivity contribution >= 4 is 44.3 Å². The number of ether oxygens (including phenoxy) is 1. The number of fused-ring (bicyclic) bond motifs is 1. The van der Waals surface area contributed by atoms with Crippen molar-refractivity contribution in [3.05, 3.63) is 90.0 Å². The van der Waals surface area contributed by atoms with Gasteiger partial charge in [0.1, 0.15) is 0 Å². The van der Waals surface area contributed by atoms with Crippen molar-refractivity contribution in [3.8, 4) is 0 Å². The zero-order valence-electron chi connectivity index (χ0n) is 20.7. The molecule has 1 fully saturated rings. The summed E-state index contributed by atoms with van der Waals surface area (Å²) >= 11 is 0. The Bertz CT molecular complexity index is 1400. The van der Waals surface area contributed by atoms with Crippen LogP contribution in [0.2, 0.25) is 0 Å². The van der Waals surface area contributed by atoms with Gasteiger partial charge in [-0.15, -0.1) is 0 Å². The molecule has 0 aliphatic carbocycles. The molecule has 0 unspecified atom stereocenters. The number of hydrogen-bond acceptors (Lipinski definition) is 6. The van der Waals surface area contributed by atoms with Gasteiger partial charge >= 0.3 is 0 Å². The molecule has 192 valence electrons. The molecule has 0 spiro atoms. The average molecular weight is 519 g/mol. The Hall–Kier alpha value is -3.66. The third kappa shape index (κ3) is 5.53. The summed E-state index contributed by atoms with van der Waals surface area (Å²) in [6.45, 7) is 3.26. The molecule has 0 aromatic heterocycles. The molecule has 2 N–H and O–H groups in total. The normalized spacial score (nSPS) is 17.2. The highest BCUT2D eigenvalue weighted by molar-refractivity contribution is 7.92. The number of morpholine rings is 1. The molecule has 2 aliphatic heterocycles. The molecule has 3 aromatic carbocycles. The molecule has 8 nitrogen and oxygen atoms in total. The largest absolute Gasteiger partial charge is 0.379 e. The van der Waals surface area contributed by atoms with E-state index < -0.39 is 10.0 Å². The van der Waals surface area contributed by atoms with Crippen LogP contribution in [-0.4, -0.2) is 64.9 Å². The molecule has 9 heteroatoms. The highest BCUT2D eigenvalue weighted by Crippen LogP contribution is 2.37. The SMILES string of the molecule is CN(c1ccc(N/C(=C2\C(=O)Nc3ccccc32)c2ccccc2)cc1)S(=O)(=O)CCN1CCOCC1. The molecule has 0 saturated carbocycles. The summed E-state index contributed by atoms with van der Waals surface area (Å²) in [6.07, 6.45) is 0. The lowest BCUT2D eigenvalue weighted by atomic mass is 10.00. The van der Waals surface area contributed by atoms with E-state index in [1.54, 1.807) is 19.2 Å². The first-order chi connectivity index (χ1) is 17.9. The molecular formula is C28H30N4O4S. The van der Waals surface area contributed by atoms with Crippen LogP contribution in [0.25, 0.3) is 11.3 Å². The van der Waals surface area contributed by atoms with Crippen molar-refractivity contribution in [2.45, 2.75) is 0 Å². The first kappa shape index (κ1) is 25.0. The van der Waals surface area contributed by atoms with Gasteiger partial charge in [0.25, 0.3) is 5.91 Å². The van der Waals surface area contributed by atoms with Crippen LogP contribution in [0, 0.1) is 0 Å². The molecule has 1 amide bonds. The number of benzene rings is 3. The fourth-order valence-electron chi connectivity index (χ4n) is 4.52. The number of rotatable bonds is 8. The predicted octanol–water partition coefficient (Wildman–Crippen LogP) is 3.72. The van der Waals surface area contributed by atoms with Gasteiger partial charge in [-0.3, -0.25) is 14.0 Å². The zero-order chi connectivity index (χ0) is 25.8. The summed E-state index contributed by atoms with van der Waals surface area (Å²) < 4.78 is 32.6. The van der Waals surface area contributed by atoms with Gasteiger partial charge in [-0.25, -0.2) is 8.42 Å². The number of sulfonamides is 1. The number of para-hydroxylation sites is 1. The number of amides is 1. The maximum Gasteiger partial charge on any atom is 0.258 e. The number of carbonyl (C=O) groups excluding carboxylic acids is 1. The van der Waals surface area contributed by atoms with Crippen molar-refractivity contribution in [1.82, 2.24) is 4.90 Å². The Morgan fingerprint density at radius 2 is 1.65 bits per heavy atom. The Kier molecular flexibility index (Phi) is 7.27. The van der Waals surface area contributed by atoms with Gasteiger partial charge in [0.15, 0.2) is 0 Å². The van der Waals surface area contributed by atoms with Crippen LogP contribution in [0.4, 0.5) is 17.1 Å². The molecular weight excluding hydrogens is 488 g/mol. The molecule has 0 bridgehead atoms. The van der Waals surface area contributed by atoms with Crippen LogP contribution >= 0.6 is 0 Å². The maximum absolute atomic E-state index is 13.0. The molecule has 3 aromatic rings.